The maximum Gasteiger partial charge on any atom is 0.170 e. The molecule has 0 amide bonds. The minimum atomic E-state index is -1.63. The van der Waals surface area contributed by atoms with Crippen LogP contribution in [0.4, 0.5) is 5.82 Å². The molecule has 232 valence electrons. The number of ether oxygens (including phenoxy) is 1. The van der Waals surface area contributed by atoms with E-state index in [-0.39, 0.29) is 43.3 Å². The van der Waals surface area contributed by atoms with Gasteiger partial charge in [-0.15, -0.1) is 0 Å². The first-order valence-electron chi connectivity index (χ1n) is 15.3. The number of aliphatic hydroxyl groups is 2. The van der Waals surface area contributed by atoms with Crippen LogP contribution in [-0.4, -0.2) is 51.7 Å². The predicted molar refractivity (Wildman–Crippen MR) is 164 cm³/mol. The summed E-state index contributed by atoms with van der Waals surface area (Å²) < 4.78 is 5.49. The zero-order valence-electron chi connectivity index (χ0n) is 25.0. The molecule has 2 aromatic heterocycles. The van der Waals surface area contributed by atoms with Crippen LogP contribution in [0.15, 0.2) is 48.8 Å². The van der Waals surface area contributed by atoms with E-state index in [0.29, 0.717) is 35.7 Å². The molecule has 0 spiro atoms. The summed E-state index contributed by atoms with van der Waals surface area (Å²) in [5, 5.41) is 32.3. The summed E-state index contributed by atoms with van der Waals surface area (Å²) in [5.74, 6) is -0.750. The zero-order chi connectivity index (χ0) is 30.8. The number of nitrogens with zero attached hydrogens (tertiary/aromatic N) is 2. The molecule has 0 radical (unpaired) electrons. The summed E-state index contributed by atoms with van der Waals surface area (Å²) in [6.45, 7) is -0.195. The van der Waals surface area contributed by atoms with Gasteiger partial charge in [0.25, 0.3) is 0 Å². The molecule has 0 bridgehead atoms. The average Bonchev–Trinajstić information content (AvgIpc) is 3.54. The molecule has 43 heavy (non-hydrogen) atoms. The lowest BCUT2D eigenvalue weighted by Crippen LogP contribution is -2.30. The Kier molecular flexibility index (Phi) is 11.8. The molecule has 5 N–H and O–H groups in total. The summed E-state index contributed by atoms with van der Waals surface area (Å²) in [6, 6.07) is 10.6. The third-order valence-corrected chi connectivity index (χ3v) is 8.71. The number of hydrogen-bond acceptors (Lipinski definition) is 8. The number of aromatic hydroxyl groups is 1. The van der Waals surface area contributed by atoms with E-state index in [9.17, 15) is 24.9 Å². The Balaban J connectivity index is 1.51. The number of phenolic OH excluding ortho intramolecular Hbond substituents is 1. The number of methoxy groups -OCH3 is 1. The second kappa shape index (κ2) is 15.7. The molecule has 1 aliphatic rings. The van der Waals surface area contributed by atoms with Crippen molar-refractivity contribution >= 4 is 17.4 Å². The van der Waals surface area contributed by atoms with Crippen molar-refractivity contribution in [3.05, 3.63) is 71.2 Å². The molecule has 9 heteroatoms. The Morgan fingerprint density at radius 2 is 1.88 bits per heavy atom. The van der Waals surface area contributed by atoms with Crippen LogP contribution in [0.2, 0.25) is 0 Å². The van der Waals surface area contributed by atoms with Crippen molar-refractivity contribution in [3.63, 3.8) is 0 Å². The fourth-order valence-electron chi connectivity index (χ4n) is 6.36. The molecule has 3 atom stereocenters. The highest BCUT2D eigenvalue weighted by Gasteiger charge is 2.30. The lowest BCUT2D eigenvalue weighted by Gasteiger charge is -2.29. The predicted octanol–water partition coefficient (Wildman–Crippen LogP) is 4.50. The number of carbonyl (C=O) groups excluding carboxylic acids is 2. The molecular formula is C34H44N3O6-. The molecule has 1 aromatic carbocycles. The van der Waals surface area contributed by atoms with Crippen molar-refractivity contribution in [1.82, 2.24) is 9.97 Å². The molecule has 4 rings (SSSR count). The van der Waals surface area contributed by atoms with Crippen LogP contribution in [0, 0.1) is 11.8 Å². The summed E-state index contributed by atoms with van der Waals surface area (Å²) in [4.78, 5) is 33.9. The van der Waals surface area contributed by atoms with E-state index in [1.54, 1.807) is 36.7 Å². The second-order valence-electron chi connectivity index (χ2n) is 11.7. The number of nitrogen functional groups attached to an aromatic ring is 1. The van der Waals surface area contributed by atoms with Crippen molar-refractivity contribution < 1.29 is 29.6 Å². The Morgan fingerprint density at radius 3 is 2.56 bits per heavy atom. The number of aliphatic hydroxyl groups excluding tert-OH is 2. The van der Waals surface area contributed by atoms with Crippen molar-refractivity contribution in [2.75, 3.05) is 19.5 Å². The fraction of sp³-hybridized carbons (Fsp3) is 0.500. The SMILES string of the molecule is COc1cc(CCC(=O)[C@H](O)C(=O)CCCC2CCCCC2)cc([C@@H](c2ccnc(N)c2)[C@H](CO)Cc2ccc[n-]2)c1O. The number of Topliss-reactive ketones (excluding diaryl/α,β-unsaturated/α-hetero) is 2. The number of ketones is 2. The Labute approximate surface area is 253 Å². The number of anilines is 1. The van der Waals surface area contributed by atoms with Gasteiger partial charge in [0.15, 0.2) is 29.2 Å². The van der Waals surface area contributed by atoms with Gasteiger partial charge in [-0.05, 0) is 60.4 Å². The van der Waals surface area contributed by atoms with E-state index < -0.39 is 23.6 Å². The van der Waals surface area contributed by atoms with Gasteiger partial charge in [0, 0.05) is 37.1 Å². The topological polar surface area (TPSA) is 157 Å². The number of aromatic nitrogens is 2. The summed E-state index contributed by atoms with van der Waals surface area (Å²) in [5.41, 5.74) is 8.75. The van der Waals surface area contributed by atoms with Crippen LogP contribution in [-0.2, 0) is 22.4 Å². The van der Waals surface area contributed by atoms with E-state index in [1.165, 1.54) is 39.2 Å². The monoisotopic (exact) mass is 590 g/mol. The average molecular weight is 591 g/mol. The largest absolute Gasteiger partial charge is 0.668 e. The van der Waals surface area contributed by atoms with E-state index >= 15 is 0 Å². The Bertz CT molecular complexity index is 1340. The molecule has 0 aliphatic heterocycles. The molecule has 3 aromatic rings. The van der Waals surface area contributed by atoms with Crippen molar-refractivity contribution in [2.45, 2.75) is 82.7 Å². The number of phenols is 1. The van der Waals surface area contributed by atoms with Crippen LogP contribution in [0.5, 0.6) is 11.5 Å². The lowest BCUT2D eigenvalue weighted by molar-refractivity contribution is -0.138. The number of rotatable bonds is 16. The van der Waals surface area contributed by atoms with E-state index in [0.717, 1.165) is 17.7 Å². The first-order valence-corrected chi connectivity index (χ1v) is 15.3. The van der Waals surface area contributed by atoms with Gasteiger partial charge in [0.05, 0.1) is 7.11 Å². The van der Waals surface area contributed by atoms with Gasteiger partial charge in [-0.1, -0.05) is 56.7 Å². The third kappa shape index (κ3) is 8.67. The van der Waals surface area contributed by atoms with Crippen molar-refractivity contribution in [2.24, 2.45) is 11.8 Å². The maximum atomic E-state index is 12.8. The molecule has 1 aliphatic carbocycles. The highest BCUT2D eigenvalue weighted by Crippen LogP contribution is 2.43. The molecule has 9 nitrogen and oxygen atoms in total. The second-order valence-corrected chi connectivity index (χ2v) is 11.7. The number of aryl methyl sites for hydroxylation is 1. The van der Waals surface area contributed by atoms with Crippen molar-refractivity contribution in [1.29, 1.82) is 0 Å². The highest BCUT2D eigenvalue weighted by atomic mass is 16.5. The van der Waals surface area contributed by atoms with Gasteiger partial charge in [0.2, 0.25) is 0 Å². The van der Waals surface area contributed by atoms with Gasteiger partial charge in [0.1, 0.15) is 5.82 Å². The smallest absolute Gasteiger partial charge is 0.170 e. The lowest BCUT2D eigenvalue weighted by atomic mass is 9.78. The Hall–Kier alpha value is -3.69. The summed E-state index contributed by atoms with van der Waals surface area (Å²) in [7, 11) is 1.44. The quantitative estimate of drug-likeness (QED) is 0.176. The molecular weight excluding hydrogens is 546 g/mol. The van der Waals surface area contributed by atoms with Crippen LogP contribution >= 0.6 is 0 Å². The number of hydrogen-bond donors (Lipinski definition) is 4. The third-order valence-electron chi connectivity index (χ3n) is 8.71. The minimum Gasteiger partial charge on any atom is -0.668 e. The molecule has 1 fully saturated rings. The van der Waals surface area contributed by atoms with E-state index in [1.807, 2.05) is 12.1 Å². The van der Waals surface area contributed by atoms with Crippen molar-refractivity contribution in [3.8, 4) is 11.5 Å². The molecule has 0 unspecified atom stereocenters. The maximum absolute atomic E-state index is 12.8. The summed E-state index contributed by atoms with van der Waals surface area (Å²) >= 11 is 0. The van der Waals surface area contributed by atoms with Crippen LogP contribution < -0.4 is 15.5 Å². The van der Waals surface area contributed by atoms with E-state index in [4.69, 9.17) is 10.5 Å². The number of carbonyl (C=O) groups is 2. The Morgan fingerprint density at radius 1 is 1.12 bits per heavy atom. The van der Waals surface area contributed by atoms with E-state index in [2.05, 4.69) is 9.97 Å². The zero-order valence-corrected chi connectivity index (χ0v) is 25.0. The number of benzene rings is 1. The summed E-state index contributed by atoms with van der Waals surface area (Å²) in [6.07, 6.45) is 10.3. The van der Waals surface area contributed by atoms with Gasteiger partial charge < -0.3 is 30.8 Å². The number of nitrogens with two attached hydrogens (primary N) is 1. The van der Waals surface area contributed by atoms with Gasteiger partial charge in [-0.25, -0.2) is 4.98 Å². The van der Waals surface area contributed by atoms with Gasteiger partial charge in [-0.3, -0.25) is 9.59 Å². The fourth-order valence-corrected chi connectivity index (χ4v) is 6.36. The minimum absolute atomic E-state index is 0.0450. The van der Waals surface area contributed by atoms with Crippen LogP contribution in [0.3, 0.4) is 0 Å². The first kappa shape index (κ1) is 32.2. The standard InChI is InChI=1S/C34H44N3O6/c1-43-30-18-23(12-13-29(40)34(42)28(39)11-5-9-22-7-3-2-4-8-22)17-27(33(30)41)32(24-14-16-37-31(35)20-24)25(21-38)19-26-10-6-15-36-26/h6,10,14-18,20,22,25,32,34,38,41-42H,2-5,7-9,11-13,19,21H2,1H3,(H2,35,37)/q-1/t25-,32-,34+/m0/s1. The van der Waals surface area contributed by atoms with Crippen LogP contribution in [0.25, 0.3) is 0 Å². The molecule has 1 saturated carbocycles. The molecule has 0 saturated heterocycles. The van der Waals surface area contributed by atoms with Crippen LogP contribution in [0.1, 0.15) is 86.1 Å². The van der Waals surface area contributed by atoms with Gasteiger partial charge in [-0.2, -0.15) is 11.9 Å². The first-order chi connectivity index (χ1) is 20.8. The number of pyridine rings is 1. The molecule has 2 heterocycles. The van der Waals surface area contributed by atoms with Gasteiger partial charge >= 0.3 is 0 Å². The highest BCUT2D eigenvalue weighted by molar-refractivity contribution is 6.05. The normalized spacial score (nSPS) is 16.0.